The molecule has 0 radical (unpaired) electrons. The number of aryl methyl sites for hydroxylation is 1. The first-order valence-corrected chi connectivity index (χ1v) is 7.37. The van der Waals surface area contributed by atoms with Crippen LogP contribution in [-0.4, -0.2) is 6.61 Å². The quantitative estimate of drug-likeness (QED) is 0.895. The van der Waals surface area contributed by atoms with Crippen LogP contribution in [0.15, 0.2) is 34.8 Å². The Morgan fingerprint density at radius 2 is 2.15 bits per heavy atom. The highest BCUT2D eigenvalue weighted by Gasteiger charge is 2.17. The van der Waals surface area contributed by atoms with Crippen molar-refractivity contribution in [1.82, 2.24) is 0 Å². The fraction of sp³-hybridized carbons (Fsp3) is 0.250. The van der Waals surface area contributed by atoms with Crippen molar-refractivity contribution in [3.05, 3.63) is 57.3 Å². The smallest absolute Gasteiger partial charge is 0.127 e. The first-order chi connectivity index (χ1) is 9.63. The highest BCUT2D eigenvalue weighted by Crippen LogP contribution is 2.33. The Morgan fingerprint density at radius 3 is 2.95 bits per heavy atom. The number of fused-ring (bicyclic) bond motifs is 1. The molecule has 104 valence electrons. The van der Waals surface area contributed by atoms with Gasteiger partial charge in [0.1, 0.15) is 11.6 Å². The van der Waals surface area contributed by atoms with Crippen LogP contribution in [0.2, 0.25) is 0 Å². The lowest BCUT2D eigenvalue weighted by Crippen LogP contribution is -2.02. The summed E-state index contributed by atoms with van der Waals surface area (Å²) in [4.78, 5) is 0. The molecule has 2 aromatic rings. The monoisotopic (exact) mass is 335 g/mol. The minimum Gasteiger partial charge on any atom is -0.493 e. The Labute approximate surface area is 126 Å². The number of anilines is 1. The molecule has 0 bridgehead atoms. The lowest BCUT2D eigenvalue weighted by atomic mass is 10.1. The highest BCUT2D eigenvalue weighted by atomic mass is 79.9. The zero-order chi connectivity index (χ0) is 14.1. The summed E-state index contributed by atoms with van der Waals surface area (Å²) in [6, 6.07) is 9.22. The minimum absolute atomic E-state index is 0.178. The van der Waals surface area contributed by atoms with Crippen molar-refractivity contribution in [2.45, 2.75) is 19.9 Å². The van der Waals surface area contributed by atoms with Crippen LogP contribution in [0.3, 0.4) is 0 Å². The average molecular weight is 336 g/mol. The van der Waals surface area contributed by atoms with Gasteiger partial charge in [-0.3, -0.25) is 0 Å². The first-order valence-electron chi connectivity index (χ1n) is 6.57. The van der Waals surface area contributed by atoms with E-state index in [9.17, 15) is 4.39 Å². The zero-order valence-corrected chi connectivity index (χ0v) is 12.8. The molecular formula is C16H15BrFNO. The van der Waals surface area contributed by atoms with Crippen LogP contribution in [-0.2, 0) is 13.0 Å². The number of rotatable bonds is 3. The fourth-order valence-corrected chi connectivity index (χ4v) is 2.98. The molecule has 0 saturated heterocycles. The van der Waals surface area contributed by atoms with Crippen LogP contribution in [0.4, 0.5) is 10.1 Å². The van der Waals surface area contributed by atoms with Crippen molar-refractivity contribution in [2.24, 2.45) is 0 Å². The van der Waals surface area contributed by atoms with Crippen LogP contribution in [0.25, 0.3) is 0 Å². The Hall–Kier alpha value is -1.55. The lowest BCUT2D eigenvalue weighted by Gasteiger charge is -2.12. The van der Waals surface area contributed by atoms with Crippen LogP contribution >= 0.6 is 15.9 Å². The number of hydrogen-bond donors (Lipinski definition) is 1. The molecule has 0 aromatic heterocycles. The van der Waals surface area contributed by atoms with E-state index in [0.29, 0.717) is 12.1 Å². The van der Waals surface area contributed by atoms with E-state index in [1.54, 1.807) is 13.0 Å². The fourth-order valence-electron chi connectivity index (χ4n) is 2.43. The van der Waals surface area contributed by atoms with Gasteiger partial charge in [0.2, 0.25) is 0 Å². The maximum Gasteiger partial charge on any atom is 0.127 e. The van der Waals surface area contributed by atoms with Gasteiger partial charge >= 0.3 is 0 Å². The van der Waals surface area contributed by atoms with Gasteiger partial charge in [0.25, 0.3) is 0 Å². The molecule has 1 aliphatic rings. The van der Waals surface area contributed by atoms with Gasteiger partial charge < -0.3 is 10.1 Å². The number of ether oxygens (including phenoxy) is 1. The van der Waals surface area contributed by atoms with Crippen LogP contribution < -0.4 is 10.1 Å². The van der Waals surface area contributed by atoms with Crippen molar-refractivity contribution in [1.29, 1.82) is 0 Å². The maximum atomic E-state index is 13.2. The summed E-state index contributed by atoms with van der Waals surface area (Å²) in [5.74, 6) is 0.807. The molecule has 20 heavy (non-hydrogen) atoms. The molecule has 1 aliphatic heterocycles. The third-order valence-corrected chi connectivity index (χ3v) is 3.92. The van der Waals surface area contributed by atoms with E-state index in [-0.39, 0.29) is 5.82 Å². The lowest BCUT2D eigenvalue weighted by molar-refractivity contribution is 0.354. The molecule has 0 spiro atoms. The van der Waals surface area contributed by atoms with Gasteiger partial charge in [-0.1, -0.05) is 15.9 Å². The van der Waals surface area contributed by atoms with E-state index in [1.807, 2.05) is 6.07 Å². The third kappa shape index (κ3) is 2.66. The second-order valence-electron chi connectivity index (χ2n) is 4.97. The van der Waals surface area contributed by atoms with Gasteiger partial charge in [0.15, 0.2) is 0 Å². The van der Waals surface area contributed by atoms with Crippen molar-refractivity contribution in [3.63, 3.8) is 0 Å². The van der Waals surface area contributed by atoms with Gasteiger partial charge in [-0.05, 0) is 48.4 Å². The van der Waals surface area contributed by atoms with Crippen molar-refractivity contribution < 1.29 is 9.13 Å². The molecule has 2 nitrogen and oxygen atoms in total. The summed E-state index contributed by atoms with van der Waals surface area (Å²) < 4.78 is 20.0. The van der Waals surface area contributed by atoms with Crippen molar-refractivity contribution in [3.8, 4) is 5.75 Å². The van der Waals surface area contributed by atoms with Gasteiger partial charge in [-0.2, -0.15) is 0 Å². The topological polar surface area (TPSA) is 21.3 Å². The summed E-state index contributed by atoms with van der Waals surface area (Å²) in [6.45, 7) is 3.17. The standard InChI is InChI=1S/C16H15BrFNO/c1-10-6-14(2-3-15(10)18)19-9-12-8-13(17)7-11-4-5-20-16(11)12/h2-3,6-8,19H,4-5,9H2,1H3. The predicted molar refractivity (Wildman–Crippen MR) is 81.8 cm³/mol. The highest BCUT2D eigenvalue weighted by molar-refractivity contribution is 9.10. The molecule has 1 heterocycles. The number of halogens is 2. The molecule has 3 rings (SSSR count). The normalized spacial score (nSPS) is 12.9. The van der Waals surface area contributed by atoms with Crippen LogP contribution in [0.5, 0.6) is 5.75 Å². The van der Waals surface area contributed by atoms with Crippen LogP contribution in [0.1, 0.15) is 16.7 Å². The molecule has 0 unspecified atom stereocenters. The Morgan fingerprint density at radius 1 is 1.30 bits per heavy atom. The molecule has 0 saturated carbocycles. The van der Waals surface area contributed by atoms with E-state index in [2.05, 4.69) is 33.4 Å². The summed E-state index contributed by atoms with van der Waals surface area (Å²) in [7, 11) is 0. The third-order valence-electron chi connectivity index (χ3n) is 3.47. The summed E-state index contributed by atoms with van der Waals surface area (Å²) in [6.07, 6.45) is 0.956. The van der Waals surface area contributed by atoms with Gasteiger partial charge in [0, 0.05) is 28.7 Å². The predicted octanol–water partition coefficient (Wildman–Crippen LogP) is 4.44. The van der Waals surface area contributed by atoms with E-state index in [1.165, 1.54) is 11.6 Å². The van der Waals surface area contributed by atoms with Gasteiger partial charge in [0.05, 0.1) is 6.61 Å². The maximum absolute atomic E-state index is 13.2. The SMILES string of the molecule is Cc1cc(NCc2cc(Br)cc3c2OCC3)ccc1F. The summed E-state index contributed by atoms with van der Waals surface area (Å²) in [5.41, 5.74) is 3.92. The van der Waals surface area contributed by atoms with E-state index in [0.717, 1.165) is 34.5 Å². The van der Waals surface area contributed by atoms with Crippen molar-refractivity contribution >= 4 is 21.6 Å². The summed E-state index contributed by atoms with van der Waals surface area (Å²) in [5, 5.41) is 3.32. The second-order valence-corrected chi connectivity index (χ2v) is 5.88. The summed E-state index contributed by atoms with van der Waals surface area (Å²) >= 11 is 3.53. The molecule has 4 heteroatoms. The number of nitrogens with one attached hydrogen (secondary N) is 1. The Balaban J connectivity index is 1.80. The average Bonchev–Trinajstić information content (AvgIpc) is 2.88. The van der Waals surface area contributed by atoms with Crippen LogP contribution in [0, 0.1) is 12.7 Å². The van der Waals surface area contributed by atoms with Gasteiger partial charge in [-0.15, -0.1) is 0 Å². The number of benzene rings is 2. The molecular weight excluding hydrogens is 321 g/mol. The second kappa shape index (κ2) is 5.44. The molecule has 0 atom stereocenters. The largest absolute Gasteiger partial charge is 0.493 e. The zero-order valence-electron chi connectivity index (χ0n) is 11.2. The molecule has 0 aliphatic carbocycles. The molecule has 0 fully saturated rings. The molecule has 2 aromatic carbocycles. The number of hydrogen-bond acceptors (Lipinski definition) is 2. The molecule has 1 N–H and O–H groups in total. The Kier molecular flexibility index (Phi) is 3.66. The van der Waals surface area contributed by atoms with Crippen molar-refractivity contribution in [2.75, 3.05) is 11.9 Å². The van der Waals surface area contributed by atoms with E-state index >= 15 is 0 Å². The van der Waals surface area contributed by atoms with Gasteiger partial charge in [-0.25, -0.2) is 4.39 Å². The molecule has 0 amide bonds. The van der Waals surface area contributed by atoms with E-state index < -0.39 is 0 Å². The Bertz CT molecular complexity index is 657. The van der Waals surface area contributed by atoms with E-state index in [4.69, 9.17) is 4.74 Å². The minimum atomic E-state index is -0.178. The first kappa shape index (κ1) is 13.4.